The number of benzene rings is 1. The van der Waals surface area contributed by atoms with Gasteiger partial charge in [-0.25, -0.2) is 4.39 Å². The molecule has 96 valence electrons. The molecule has 1 aromatic rings. The van der Waals surface area contributed by atoms with Gasteiger partial charge in [0.25, 0.3) is 0 Å². The van der Waals surface area contributed by atoms with E-state index in [1.165, 1.54) is 6.07 Å². The van der Waals surface area contributed by atoms with Gasteiger partial charge in [0, 0.05) is 5.56 Å². The van der Waals surface area contributed by atoms with Crippen molar-refractivity contribution in [1.29, 1.82) is 0 Å². The van der Waals surface area contributed by atoms with Gasteiger partial charge in [0.2, 0.25) is 0 Å². The van der Waals surface area contributed by atoms with Gasteiger partial charge >= 0.3 is 0 Å². The van der Waals surface area contributed by atoms with Crippen molar-refractivity contribution in [3.8, 4) is 0 Å². The van der Waals surface area contributed by atoms with E-state index in [2.05, 4.69) is 12.2 Å². The van der Waals surface area contributed by atoms with Crippen molar-refractivity contribution in [1.82, 2.24) is 5.32 Å². The number of hydrogen-bond acceptors (Lipinski definition) is 2. The molecule has 0 bridgehead atoms. The Morgan fingerprint density at radius 1 is 1.35 bits per heavy atom. The molecule has 3 heteroatoms. The largest absolute Gasteiger partial charge is 0.374 e. The number of halogens is 1. The predicted molar refractivity (Wildman–Crippen MR) is 68.4 cm³/mol. The minimum Gasteiger partial charge on any atom is -0.374 e. The van der Waals surface area contributed by atoms with Crippen molar-refractivity contribution < 1.29 is 9.13 Å². The van der Waals surface area contributed by atoms with Crippen LogP contribution in [0.2, 0.25) is 0 Å². The molecule has 1 N–H and O–H groups in total. The van der Waals surface area contributed by atoms with Gasteiger partial charge in [-0.15, -0.1) is 0 Å². The van der Waals surface area contributed by atoms with Gasteiger partial charge < -0.3 is 10.1 Å². The molecule has 2 nitrogen and oxygen atoms in total. The van der Waals surface area contributed by atoms with Crippen molar-refractivity contribution >= 4 is 0 Å². The van der Waals surface area contributed by atoms with Gasteiger partial charge in [0.1, 0.15) is 5.82 Å². The maximum absolute atomic E-state index is 13.3. The summed E-state index contributed by atoms with van der Waals surface area (Å²) < 4.78 is 18.9. The minimum atomic E-state index is -0.188. The molecule has 1 unspecified atom stereocenters. The van der Waals surface area contributed by atoms with E-state index in [4.69, 9.17) is 4.74 Å². The fraction of sp³-hybridized carbons (Fsp3) is 0.571. The third-order valence-electron chi connectivity index (χ3n) is 2.70. The van der Waals surface area contributed by atoms with Crippen LogP contribution in [0.15, 0.2) is 24.3 Å². The maximum Gasteiger partial charge on any atom is 0.128 e. The van der Waals surface area contributed by atoms with Gasteiger partial charge in [0.05, 0.1) is 12.7 Å². The molecule has 0 aliphatic rings. The monoisotopic (exact) mass is 239 g/mol. The zero-order valence-electron chi connectivity index (χ0n) is 10.7. The fourth-order valence-electron chi connectivity index (χ4n) is 1.62. The molecule has 0 heterocycles. The highest BCUT2D eigenvalue weighted by Gasteiger charge is 2.05. The lowest BCUT2D eigenvalue weighted by molar-refractivity contribution is 0.0448. The topological polar surface area (TPSA) is 21.3 Å². The normalized spacial score (nSPS) is 12.6. The lowest BCUT2D eigenvalue weighted by Gasteiger charge is -2.13. The number of hydrogen-bond donors (Lipinski definition) is 1. The summed E-state index contributed by atoms with van der Waals surface area (Å²) in [5.74, 6) is -0.188. The summed E-state index contributed by atoms with van der Waals surface area (Å²) in [4.78, 5) is 0. The highest BCUT2D eigenvalue weighted by molar-refractivity contribution is 5.16. The molecule has 1 atom stereocenters. The molecule has 1 aromatic carbocycles. The SMILES string of the molecule is CCNCCCC(C)OCc1ccccc1F. The Bertz CT molecular complexity index is 317. The van der Waals surface area contributed by atoms with Crippen molar-refractivity contribution in [2.24, 2.45) is 0 Å². The summed E-state index contributed by atoms with van der Waals surface area (Å²) in [5, 5.41) is 3.27. The highest BCUT2D eigenvalue weighted by atomic mass is 19.1. The molecular formula is C14H22FNO. The van der Waals surface area contributed by atoms with E-state index in [0.717, 1.165) is 25.9 Å². The van der Waals surface area contributed by atoms with E-state index < -0.39 is 0 Å². The molecule has 0 amide bonds. The van der Waals surface area contributed by atoms with Crippen LogP contribution in [0, 0.1) is 5.82 Å². The van der Waals surface area contributed by atoms with Crippen LogP contribution in [0.1, 0.15) is 32.3 Å². The third kappa shape index (κ3) is 5.80. The van der Waals surface area contributed by atoms with Gasteiger partial charge in [-0.05, 0) is 38.9 Å². The standard InChI is InChI=1S/C14H22FNO/c1-3-16-10-6-7-12(2)17-11-13-8-4-5-9-14(13)15/h4-5,8-9,12,16H,3,6-7,10-11H2,1-2H3. The molecule has 0 aliphatic carbocycles. The lowest BCUT2D eigenvalue weighted by atomic mass is 10.2. The van der Waals surface area contributed by atoms with E-state index in [-0.39, 0.29) is 11.9 Å². The van der Waals surface area contributed by atoms with Crippen LogP contribution in [0.3, 0.4) is 0 Å². The average Bonchev–Trinajstić information content (AvgIpc) is 2.34. The first-order valence-corrected chi connectivity index (χ1v) is 6.29. The molecule has 0 aromatic heterocycles. The lowest BCUT2D eigenvalue weighted by Crippen LogP contribution is -2.17. The van der Waals surface area contributed by atoms with Crippen molar-refractivity contribution in [2.45, 2.75) is 39.4 Å². The first kappa shape index (κ1) is 14.1. The summed E-state index contributed by atoms with van der Waals surface area (Å²) in [7, 11) is 0. The van der Waals surface area contributed by atoms with Crippen LogP contribution in [-0.4, -0.2) is 19.2 Å². The predicted octanol–water partition coefficient (Wildman–Crippen LogP) is 3.12. The van der Waals surface area contributed by atoms with Crippen LogP contribution in [0.4, 0.5) is 4.39 Å². The summed E-state index contributed by atoms with van der Waals surface area (Å²) >= 11 is 0. The summed E-state index contributed by atoms with van der Waals surface area (Å²) in [5.41, 5.74) is 0.631. The van der Waals surface area contributed by atoms with Crippen LogP contribution < -0.4 is 5.32 Å². The van der Waals surface area contributed by atoms with Crippen LogP contribution in [-0.2, 0) is 11.3 Å². The van der Waals surface area contributed by atoms with Crippen molar-refractivity contribution in [2.75, 3.05) is 13.1 Å². The Kier molecular flexibility index (Phi) is 6.82. The molecule has 0 fully saturated rings. The Morgan fingerprint density at radius 2 is 2.12 bits per heavy atom. The summed E-state index contributed by atoms with van der Waals surface area (Å²) in [6.45, 7) is 6.51. The van der Waals surface area contributed by atoms with E-state index in [1.807, 2.05) is 13.0 Å². The Labute approximate surface area is 103 Å². The first-order chi connectivity index (χ1) is 8.24. The van der Waals surface area contributed by atoms with E-state index in [9.17, 15) is 4.39 Å². The molecule has 1 rings (SSSR count). The quantitative estimate of drug-likeness (QED) is 0.704. The molecule has 0 saturated heterocycles. The highest BCUT2D eigenvalue weighted by Crippen LogP contribution is 2.10. The van der Waals surface area contributed by atoms with Gasteiger partial charge in [-0.2, -0.15) is 0 Å². The third-order valence-corrected chi connectivity index (χ3v) is 2.70. The second-order valence-corrected chi connectivity index (χ2v) is 4.21. The minimum absolute atomic E-state index is 0.174. The zero-order chi connectivity index (χ0) is 12.5. The molecule has 0 saturated carbocycles. The molecule has 17 heavy (non-hydrogen) atoms. The Morgan fingerprint density at radius 3 is 2.82 bits per heavy atom. The second-order valence-electron chi connectivity index (χ2n) is 4.21. The fourth-order valence-corrected chi connectivity index (χ4v) is 1.62. The Hall–Kier alpha value is -0.930. The molecule has 0 aliphatic heterocycles. The van der Waals surface area contributed by atoms with Crippen molar-refractivity contribution in [3.05, 3.63) is 35.6 Å². The first-order valence-electron chi connectivity index (χ1n) is 6.29. The maximum atomic E-state index is 13.3. The van der Waals surface area contributed by atoms with Crippen LogP contribution >= 0.6 is 0 Å². The van der Waals surface area contributed by atoms with Crippen LogP contribution in [0.25, 0.3) is 0 Å². The number of ether oxygens (including phenoxy) is 1. The molecule has 0 radical (unpaired) electrons. The molecule has 0 spiro atoms. The second kappa shape index (κ2) is 8.20. The number of rotatable bonds is 8. The van der Waals surface area contributed by atoms with Gasteiger partial charge in [-0.1, -0.05) is 25.1 Å². The van der Waals surface area contributed by atoms with Crippen molar-refractivity contribution in [3.63, 3.8) is 0 Å². The van der Waals surface area contributed by atoms with E-state index >= 15 is 0 Å². The van der Waals surface area contributed by atoms with Crippen LogP contribution in [0.5, 0.6) is 0 Å². The van der Waals surface area contributed by atoms with Gasteiger partial charge in [0.15, 0.2) is 0 Å². The summed E-state index contributed by atoms with van der Waals surface area (Å²) in [6, 6.07) is 6.76. The smallest absolute Gasteiger partial charge is 0.128 e. The Balaban J connectivity index is 2.19. The average molecular weight is 239 g/mol. The van der Waals surface area contributed by atoms with E-state index in [0.29, 0.717) is 12.2 Å². The van der Waals surface area contributed by atoms with Gasteiger partial charge in [-0.3, -0.25) is 0 Å². The number of nitrogens with one attached hydrogen (secondary N) is 1. The molecular weight excluding hydrogens is 217 g/mol. The zero-order valence-corrected chi connectivity index (χ0v) is 10.7. The van der Waals surface area contributed by atoms with E-state index in [1.54, 1.807) is 12.1 Å². The summed E-state index contributed by atoms with van der Waals surface area (Å²) in [6.07, 6.45) is 2.27.